The molecule has 0 aliphatic rings. The van der Waals surface area contributed by atoms with Gasteiger partial charge in [-0.15, -0.1) is 0 Å². The van der Waals surface area contributed by atoms with Gasteiger partial charge in [-0.2, -0.15) is 0 Å². The Hall–Kier alpha value is -6.31. The molecule has 1 heteroatoms. The molecule has 1 aromatic heterocycles. The van der Waals surface area contributed by atoms with Crippen LogP contribution >= 0.6 is 0 Å². The molecule has 0 atom stereocenters. The first kappa shape index (κ1) is 26.9. The molecular formula is C47H29N. The van der Waals surface area contributed by atoms with E-state index in [1.165, 1.54) is 98.0 Å². The van der Waals surface area contributed by atoms with Crippen molar-refractivity contribution in [1.29, 1.82) is 0 Å². The fourth-order valence-corrected chi connectivity index (χ4v) is 7.94. The van der Waals surface area contributed by atoms with Crippen LogP contribution in [0.25, 0.3) is 98.0 Å². The van der Waals surface area contributed by atoms with E-state index in [0.717, 1.165) is 0 Å². The minimum atomic E-state index is 1.18. The van der Waals surface area contributed by atoms with Gasteiger partial charge in [0.15, 0.2) is 0 Å². The Balaban J connectivity index is 1.18. The van der Waals surface area contributed by atoms with Crippen LogP contribution in [-0.4, -0.2) is 4.98 Å². The second-order valence-electron chi connectivity index (χ2n) is 12.7. The largest absolute Gasteiger partial charge is 0.265 e. The monoisotopic (exact) mass is 607 g/mol. The Kier molecular flexibility index (Phi) is 5.94. The van der Waals surface area contributed by atoms with Gasteiger partial charge >= 0.3 is 0 Å². The normalized spacial score (nSPS) is 11.8. The molecule has 0 aliphatic carbocycles. The van der Waals surface area contributed by atoms with Gasteiger partial charge in [-0.25, -0.2) is 0 Å². The average molecular weight is 608 g/mol. The van der Waals surface area contributed by atoms with Crippen LogP contribution in [0.5, 0.6) is 0 Å². The zero-order valence-electron chi connectivity index (χ0n) is 26.2. The van der Waals surface area contributed by atoms with Crippen LogP contribution in [-0.2, 0) is 0 Å². The second kappa shape index (κ2) is 10.6. The van der Waals surface area contributed by atoms with Crippen LogP contribution < -0.4 is 0 Å². The number of nitrogens with zero attached hydrogens (tertiary/aromatic N) is 1. The Morgan fingerprint density at radius 2 is 0.750 bits per heavy atom. The number of pyridine rings is 1. The zero-order chi connectivity index (χ0) is 31.6. The third-order valence-electron chi connectivity index (χ3n) is 10.1. The minimum absolute atomic E-state index is 1.18. The van der Waals surface area contributed by atoms with Crippen molar-refractivity contribution < 1.29 is 0 Å². The number of hydrogen-bond acceptors (Lipinski definition) is 1. The highest BCUT2D eigenvalue weighted by Gasteiger charge is 2.17. The number of aromatic nitrogens is 1. The molecule has 0 N–H and O–H groups in total. The molecule has 48 heavy (non-hydrogen) atoms. The van der Waals surface area contributed by atoms with Gasteiger partial charge in [0.2, 0.25) is 0 Å². The summed E-state index contributed by atoms with van der Waals surface area (Å²) in [6.45, 7) is 0. The molecule has 0 saturated heterocycles. The lowest BCUT2D eigenvalue weighted by Crippen LogP contribution is -1.91. The SMILES string of the molecule is c1ccc2c(c1)ccc1c3ccccc3c(-c3ccc4cc(-c5c6ccccc6c(-c6ccncc6)c6ccccc56)ccc4c3)cc21. The number of hydrogen-bond donors (Lipinski definition) is 0. The molecule has 1 nitrogen and oxygen atoms in total. The van der Waals surface area contributed by atoms with E-state index in [-0.39, 0.29) is 0 Å². The molecule has 222 valence electrons. The molecule has 10 aromatic rings. The first-order chi connectivity index (χ1) is 23.8. The van der Waals surface area contributed by atoms with Crippen molar-refractivity contribution in [1.82, 2.24) is 4.98 Å². The third kappa shape index (κ3) is 4.08. The van der Waals surface area contributed by atoms with Crippen LogP contribution in [0.3, 0.4) is 0 Å². The molecule has 0 spiro atoms. The van der Waals surface area contributed by atoms with E-state index in [4.69, 9.17) is 0 Å². The van der Waals surface area contributed by atoms with E-state index in [0.29, 0.717) is 0 Å². The molecular weight excluding hydrogens is 579 g/mol. The summed E-state index contributed by atoms with van der Waals surface area (Å²) >= 11 is 0. The van der Waals surface area contributed by atoms with Crippen LogP contribution in [0, 0.1) is 0 Å². The van der Waals surface area contributed by atoms with E-state index < -0.39 is 0 Å². The summed E-state index contributed by atoms with van der Waals surface area (Å²) in [7, 11) is 0. The maximum absolute atomic E-state index is 4.29. The maximum atomic E-state index is 4.29. The molecule has 0 aliphatic heterocycles. The Morgan fingerprint density at radius 1 is 0.271 bits per heavy atom. The molecule has 9 aromatic carbocycles. The van der Waals surface area contributed by atoms with Gasteiger partial charge in [0.25, 0.3) is 0 Å². The van der Waals surface area contributed by atoms with Crippen molar-refractivity contribution in [2.24, 2.45) is 0 Å². The van der Waals surface area contributed by atoms with Crippen LogP contribution in [0.4, 0.5) is 0 Å². The summed E-state index contributed by atoms with van der Waals surface area (Å²) in [6, 6.07) is 60.3. The fourth-order valence-electron chi connectivity index (χ4n) is 7.94. The molecule has 0 fully saturated rings. The van der Waals surface area contributed by atoms with E-state index >= 15 is 0 Å². The maximum Gasteiger partial charge on any atom is 0.0273 e. The predicted molar refractivity (Wildman–Crippen MR) is 206 cm³/mol. The minimum Gasteiger partial charge on any atom is -0.265 e. The summed E-state index contributed by atoms with van der Waals surface area (Å²) in [5, 5.41) is 15.2. The molecule has 0 amide bonds. The van der Waals surface area contributed by atoms with Crippen molar-refractivity contribution in [2.75, 3.05) is 0 Å². The van der Waals surface area contributed by atoms with Gasteiger partial charge in [-0.3, -0.25) is 4.98 Å². The van der Waals surface area contributed by atoms with Gasteiger partial charge in [0.1, 0.15) is 0 Å². The van der Waals surface area contributed by atoms with Crippen molar-refractivity contribution >= 4 is 64.6 Å². The summed E-state index contributed by atoms with van der Waals surface area (Å²) in [5.41, 5.74) is 7.45. The summed E-state index contributed by atoms with van der Waals surface area (Å²) in [5.74, 6) is 0. The van der Waals surface area contributed by atoms with E-state index in [1.807, 2.05) is 12.4 Å². The highest BCUT2D eigenvalue weighted by molar-refractivity contribution is 6.23. The Bertz CT molecular complexity index is 2830. The lowest BCUT2D eigenvalue weighted by Gasteiger charge is -2.18. The van der Waals surface area contributed by atoms with Crippen LogP contribution in [0.2, 0.25) is 0 Å². The van der Waals surface area contributed by atoms with E-state index in [2.05, 4.69) is 169 Å². The van der Waals surface area contributed by atoms with Crippen molar-refractivity contribution in [3.05, 3.63) is 176 Å². The van der Waals surface area contributed by atoms with Gasteiger partial charge in [-0.05, 0) is 128 Å². The first-order valence-corrected chi connectivity index (χ1v) is 16.5. The molecule has 1 heterocycles. The van der Waals surface area contributed by atoms with Gasteiger partial charge in [-0.1, -0.05) is 133 Å². The molecule has 0 unspecified atom stereocenters. The lowest BCUT2D eigenvalue weighted by molar-refractivity contribution is 1.33. The number of fused-ring (bicyclic) bond motifs is 8. The van der Waals surface area contributed by atoms with Gasteiger partial charge < -0.3 is 0 Å². The highest BCUT2D eigenvalue weighted by atomic mass is 14.6. The van der Waals surface area contributed by atoms with Gasteiger partial charge in [0.05, 0.1) is 0 Å². The first-order valence-electron chi connectivity index (χ1n) is 16.5. The lowest BCUT2D eigenvalue weighted by atomic mass is 9.85. The topological polar surface area (TPSA) is 12.9 Å². The summed E-state index contributed by atoms with van der Waals surface area (Å²) in [6.07, 6.45) is 3.76. The van der Waals surface area contributed by atoms with Crippen molar-refractivity contribution in [3.8, 4) is 33.4 Å². The predicted octanol–water partition coefficient (Wildman–Crippen LogP) is 13.0. The third-order valence-corrected chi connectivity index (χ3v) is 10.1. The van der Waals surface area contributed by atoms with E-state index in [1.54, 1.807) is 0 Å². The summed E-state index contributed by atoms with van der Waals surface area (Å²) < 4.78 is 0. The Morgan fingerprint density at radius 3 is 1.42 bits per heavy atom. The molecule has 0 radical (unpaired) electrons. The standard InChI is InChI=1S/C47H29N/c1-2-10-36-30(9-1)21-22-39-37-11-3-4-12-38(37)44(29-45(36)39)34-19-17-33-28-35(20-18-32(33)27-34)47-42-15-7-5-13-40(42)46(31-23-25-48-26-24-31)41-14-6-8-16-43(41)47/h1-29H. The average Bonchev–Trinajstić information content (AvgIpc) is 3.16. The highest BCUT2D eigenvalue weighted by Crippen LogP contribution is 2.44. The summed E-state index contributed by atoms with van der Waals surface area (Å²) in [4.78, 5) is 4.29. The van der Waals surface area contributed by atoms with Gasteiger partial charge in [0, 0.05) is 12.4 Å². The Labute approximate surface area is 278 Å². The fraction of sp³-hybridized carbons (Fsp3) is 0. The molecule has 0 saturated carbocycles. The van der Waals surface area contributed by atoms with Crippen LogP contribution in [0.1, 0.15) is 0 Å². The molecule has 0 bridgehead atoms. The van der Waals surface area contributed by atoms with Crippen molar-refractivity contribution in [2.45, 2.75) is 0 Å². The smallest absolute Gasteiger partial charge is 0.0273 e. The van der Waals surface area contributed by atoms with Crippen molar-refractivity contribution in [3.63, 3.8) is 0 Å². The second-order valence-corrected chi connectivity index (χ2v) is 12.7. The quantitative estimate of drug-likeness (QED) is 0.144. The van der Waals surface area contributed by atoms with Crippen LogP contribution in [0.15, 0.2) is 176 Å². The van der Waals surface area contributed by atoms with E-state index in [9.17, 15) is 0 Å². The zero-order valence-corrected chi connectivity index (χ0v) is 26.2. The molecule has 10 rings (SSSR count). The number of rotatable bonds is 3. The number of benzene rings is 9.